The second kappa shape index (κ2) is 5.94. The van der Waals surface area contributed by atoms with E-state index in [2.05, 4.69) is 10.1 Å². The molecular weight excluding hydrogens is 324 g/mol. The number of benzene rings is 2. The lowest BCUT2D eigenvalue weighted by atomic mass is 10.1. The molecule has 0 radical (unpaired) electrons. The Morgan fingerprint density at radius 2 is 1.92 bits per heavy atom. The molecule has 0 fully saturated rings. The van der Waals surface area contributed by atoms with Crippen LogP contribution >= 0.6 is 11.6 Å². The number of hydrogen-bond donors (Lipinski definition) is 0. The van der Waals surface area contributed by atoms with E-state index >= 15 is 0 Å². The van der Waals surface area contributed by atoms with Crippen molar-refractivity contribution in [3.05, 3.63) is 88.2 Å². The first-order chi connectivity index (χ1) is 11.7. The minimum atomic E-state index is -0.0912. The van der Waals surface area contributed by atoms with Gasteiger partial charge in [-0.25, -0.2) is 9.67 Å². The van der Waals surface area contributed by atoms with E-state index in [0.29, 0.717) is 17.1 Å². The van der Waals surface area contributed by atoms with Gasteiger partial charge in [0.25, 0.3) is 5.56 Å². The van der Waals surface area contributed by atoms with Crippen LogP contribution in [0.5, 0.6) is 0 Å². The quantitative estimate of drug-likeness (QED) is 0.577. The molecule has 0 bridgehead atoms. The fourth-order valence-electron chi connectivity index (χ4n) is 2.79. The number of rotatable bonds is 3. The highest BCUT2D eigenvalue weighted by atomic mass is 35.5. The van der Waals surface area contributed by atoms with Gasteiger partial charge in [-0.3, -0.25) is 9.36 Å². The van der Waals surface area contributed by atoms with E-state index in [9.17, 15) is 4.79 Å². The Bertz CT molecular complexity index is 1070. The predicted molar refractivity (Wildman–Crippen MR) is 93.7 cm³/mol. The molecular formula is C18H13ClN4O. The van der Waals surface area contributed by atoms with E-state index in [-0.39, 0.29) is 5.56 Å². The molecule has 0 N–H and O–H groups in total. The van der Waals surface area contributed by atoms with Crippen molar-refractivity contribution in [2.24, 2.45) is 0 Å². The van der Waals surface area contributed by atoms with Crippen LogP contribution in [0.25, 0.3) is 16.6 Å². The standard InChI is InChI=1S/C18H13ClN4O/c19-15-5-3-6-16(9-15)23-17-7-2-1-4-13(17)8-14(18(23)24)10-22-12-20-11-21-22/h1-9,11-12H,10H2. The third-order valence-electron chi connectivity index (χ3n) is 3.85. The molecule has 5 nitrogen and oxygen atoms in total. The monoisotopic (exact) mass is 336 g/mol. The molecule has 0 amide bonds. The Hall–Kier alpha value is -2.92. The van der Waals surface area contributed by atoms with Crippen LogP contribution < -0.4 is 5.56 Å². The normalized spacial score (nSPS) is 11.0. The topological polar surface area (TPSA) is 52.7 Å². The van der Waals surface area contributed by atoms with Crippen molar-refractivity contribution in [2.75, 3.05) is 0 Å². The molecule has 0 aliphatic heterocycles. The number of fused-ring (bicyclic) bond motifs is 1. The molecule has 2 aromatic carbocycles. The molecule has 0 unspecified atom stereocenters. The Morgan fingerprint density at radius 3 is 2.71 bits per heavy atom. The first kappa shape index (κ1) is 14.7. The van der Waals surface area contributed by atoms with Crippen molar-refractivity contribution in [2.45, 2.75) is 6.54 Å². The third kappa shape index (κ3) is 2.59. The largest absolute Gasteiger partial charge is 0.277 e. The van der Waals surface area contributed by atoms with Crippen LogP contribution in [-0.2, 0) is 6.54 Å². The highest BCUT2D eigenvalue weighted by molar-refractivity contribution is 6.30. The Balaban J connectivity index is 2.00. The maximum Gasteiger partial charge on any atom is 0.260 e. The van der Waals surface area contributed by atoms with E-state index < -0.39 is 0 Å². The summed E-state index contributed by atoms with van der Waals surface area (Å²) in [6.45, 7) is 0.365. The van der Waals surface area contributed by atoms with E-state index in [0.717, 1.165) is 16.6 Å². The average molecular weight is 337 g/mol. The summed E-state index contributed by atoms with van der Waals surface area (Å²) in [5.74, 6) is 0. The van der Waals surface area contributed by atoms with Gasteiger partial charge >= 0.3 is 0 Å². The van der Waals surface area contributed by atoms with Crippen LogP contribution in [-0.4, -0.2) is 19.3 Å². The molecule has 4 aromatic rings. The number of halogens is 1. The fraction of sp³-hybridized carbons (Fsp3) is 0.0556. The molecule has 6 heteroatoms. The van der Waals surface area contributed by atoms with Crippen molar-refractivity contribution in [3.8, 4) is 5.69 Å². The molecule has 118 valence electrons. The lowest BCUT2D eigenvalue weighted by molar-refractivity contribution is 0.677. The van der Waals surface area contributed by atoms with Crippen molar-refractivity contribution < 1.29 is 0 Å². The van der Waals surface area contributed by atoms with E-state index in [4.69, 9.17) is 11.6 Å². The van der Waals surface area contributed by atoms with Crippen LogP contribution in [0.1, 0.15) is 5.56 Å². The van der Waals surface area contributed by atoms with Gasteiger partial charge in [0.05, 0.1) is 17.7 Å². The molecule has 2 heterocycles. The maximum absolute atomic E-state index is 13.1. The van der Waals surface area contributed by atoms with Gasteiger partial charge in [0, 0.05) is 10.6 Å². The Morgan fingerprint density at radius 1 is 1.04 bits per heavy atom. The van der Waals surface area contributed by atoms with Crippen molar-refractivity contribution in [3.63, 3.8) is 0 Å². The number of aromatic nitrogens is 4. The lowest BCUT2D eigenvalue weighted by Crippen LogP contribution is -2.24. The summed E-state index contributed by atoms with van der Waals surface area (Å²) in [6.07, 6.45) is 3.05. The summed E-state index contributed by atoms with van der Waals surface area (Å²) in [7, 11) is 0. The van der Waals surface area contributed by atoms with Crippen LogP contribution in [0.2, 0.25) is 5.02 Å². The molecule has 4 rings (SSSR count). The fourth-order valence-corrected chi connectivity index (χ4v) is 2.97. The third-order valence-corrected chi connectivity index (χ3v) is 4.09. The van der Waals surface area contributed by atoms with Gasteiger partial charge in [0.2, 0.25) is 0 Å². The highest BCUT2D eigenvalue weighted by Gasteiger charge is 2.12. The van der Waals surface area contributed by atoms with Crippen molar-refractivity contribution >= 4 is 22.5 Å². The Labute approximate surface area is 142 Å². The molecule has 0 aliphatic rings. The summed E-state index contributed by atoms with van der Waals surface area (Å²) < 4.78 is 3.32. The van der Waals surface area contributed by atoms with Crippen molar-refractivity contribution in [1.29, 1.82) is 0 Å². The zero-order valence-corrected chi connectivity index (χ0v) is 13.4. The highest BCUT2D eigenvalue weighted by Crippen LogP contribution is 2.20. The smallest absolute Gasteiger partial charge is 0.260 e. The van der Waals surface area contributed by atoms with Gasteiger partial charge in [-0.2, -0.15) is 5.10 Å². The molecule has 2 aromatic heterocycles. The van der Waals surface area contributed by atoms with Gasteiger partial charge in [0.1, 0.15) is 12.7 Å². The minimum Gasteiger partial charge on any atom is -0.277 e. The number of nitrogens with zero attached hydrogens (tertiary/aromatic N) is 4. The predicted octanol–water partition coefficient (Wildman–Crippen LogP) is 3.28. The molecule has 0 aliphatic carbocycles. The van der Waals surface area contributed by atoms with E-state index in [1.54, 1.807) is 27.7 Å². The van der Waals surface area contributed by atoms with Crippen LogP contribution in [0.15, 0.2) is 72.0 Å². The van der Waals surface area contributed by atoms with Gasteiger partial charge in [0.15, 0.2) is 0 Å². The molecule has 0 spiro atoms. The van der Waals surface area contributed by atoms with Gasteiger partial charge in [-0.15, -0.1) is 0 Å². The summed E-state index contributed by atoms with van der Waals surface area (Å²) in [5, 5.41) is 5.65. The number of pyridine rings is 1. The second-order valence-electron chi connectivity index (χ2n) is 5.44. The maximum atomic E-state index is 13.1. The zero-order chi connectivity index (χ0) is 16.5. The molecule has 0 saturated heterocycles. The van der Waals surface area contributed by atoms with Crippen LogP contribution in [0, 0.1) is 0 Å². The summed E-state index contributed by atoms with van der Waals surface area (Å²) in [5.41, 5.74) is 2.13. The molecule has 0 saturated carbocycles. The second-order valence-corrected chi connectivity index (χ2v) is 5.88. The summed E-state index contributed by atoms with van der Waals surface area (Å²) in [6, 6.07) is 17.0. The minimum absolute atomic E-state index is 0.0912. The molecule has 0 atom stereocenters. The SMILES string of the molecule is O=c1c(Cn2cncn2)cc2ccccc2n1-c1cccc(Cl)c1. The first-order valence-electron chi connectivity index (χ1n) is 7.44. The number of para-hydroxylation sites is 1. The average Bonchev–Trinajstić information content (AvgIpc) is 3.09. The van der Waals surface area contributed by atoms with E-state index in [1.807, 2.05) is 42.5 Å². The van der Waals surface area contributed by atoms with Gasteiger partial charge in [-0.1, -0.05) is 35.9 Å². The zero-order valence-electron chi connectivity index (χ0n) is 12.6. The van der Waals surface area contributed by atoms with Crippen LogP contribution in [0.4, 0.5) is 0 Å². The Kier molecular flexibility index (Phi) is 3.63. The van der Waals surface area contributed by atoms with Gasteiger partial charge in [-0.05, 0) is 35.7 Å². The van der Waals surface area contributed by atoms with Crippen molar-refractivity contribution in [1.82, 2.24) is 19.3 Å². The summed E-state index contributed by atoms with van der Waals surface area (Å²) >= 11 is 6.12. The summed E-state index contributed by atoms with van der Waals surface area (Å²) in [4.78, 5) is 17.0. The lowest BCUT2D eigenvalue weighted by Gasteiger charge is -2.13. The number of hydrogen-bond acceptors (Lipinski definition) is 3. The van der Waals surface area contributed by atoms with Gasteiger partial charge < -0.3 is 0 Å². The van der Waals surface area contributed by atoms with Crippen LogP contribution in [0.3, 0.4) is 0 Å². The van der Waals surface area contributed by atoms with E-state index in [1.165, 1.54) is 6.33 Å². The molecule has 24 heavy (non-hydrogen) atoms. The first-order valence-corrected chi connectivity index (χ1v) is 7.82.